The van der Waals surface area contributed by atoms with Gasteiger partial charge in [0.25, 0.3) is 0 Å². The van der Waals surface area contributed by atoms with E-state index in [1.807, 2.05) is 37.1 Å². The molecule has 21 heavy (non-hydrogen) atoms. The van der Waals surface area contributed by atoms with E-state index in [9.17, 15) is 4.79 Å². The van der Waals surface area contributed by atoms with Crippen molar-refractivity contribution in [2.75, 3.05) is 13.7 Å². The second-order valence-corrected chi connectivity index (χ2v) is 5.84. The Morgan fingerprint density at radius 1 is 1.24 bits per heavy atom. The van der Waals surface area contributed by atoms with E-state index in [1.54, 1.807) is 0 Å². The summed E-state index contributed by atoms with van der Waals surface area (Å²) >= 11 is 0. The quantitative estimate of drug-likeness (QED) is 0.797. The summed E-state index contributed by atoms with van der Waals surface area (Å²) in [5.74, 6) is 1.17. The van der Waals surface area contributed by atoms with Gasteiger partial charge in [-0.25, -0.2) is 0 Å². The molecule has 0 heterocycles. The molecule has 2 rings (SSSR count). The van der Waals surface area contributed by atoms with Gasteiger partial charge in [-0.2, -0.15) is 0 Å². The van der Waals surface area contributed by atoms with Crippen molar-refractivity contribution in [3.05, 3.63) is 29.8 Å². The van der Waals surface area contributed by atoms with E-state index in [-0.39, 0.29) is 5.91 Å². The van der Waals surface area contributed by atoms with Gasteiger partial charge in [0, 0.05) is 19.5 Å². The minimum atomic E-state index is 0.258. The van der Waals surface area contributed by atoms with Crippen molar-refractivity contribution in [2.45, 2.75) is 57.9 Å². The summed E-state index contributed by atoms with van der Waals surface area (Å²) in [5, 5.41) is 0. The molecule has 1 aliphatic carbocycles. The van der Waals surface area contributed by atoms with Crippen molar-refractivity contribution in [3.8, 4) is 5.75 Å². The molecule has 0 aromatic heterocycles. The lowest BCUT2D eigenvalue weighted by Gasteiger charge is -2.31. The van der Waals surface area contributed by atoms with Crippen LogP contribution in [0.15, 0.2) is 24.3 Å². The highest BCUT2D eigenvalue weighted by Crippen LogP contribution is 2.23. The van der Waals surface area contributed by atoms with Crippen molar-refractivity contribution >= 4 is 5.91 Å². The zero-order valence-electron chi connectivity index (χ0n) is 13.3. The van der Waals surface area contributed by atoms with Gasteiger partial charge < -0.3 is 9.64 Å². The SMILES string of the molecule is CCOc1ccccc1CCC(=O)N(C)C1CCCCC1. The van der Waals surface area contributed by atoms with Crippen LogP contribution in [0.2, 0.25) is 0 Å². The maximum atomic E-state index is 12.4. The number of benzene rings is 1. The minimum Gasteiger partial charge on any atom is -0.494 e. The van der Waals surface area contributed by atoms with Gasteiger partial charge in [-0.3, -0.25) is 4.79 Å². The van der Waals surface area contributed by atoms with Gasteiger partial charge in [-0.1, -0.05) is 37.5 Å². The molecule has 1 aromatic carbocycles. The Kier molecular flexibility index (Phi) is 6.09. The molecule has 0 atom stereocenters. The van der Waals surface area contributed by atoms with Crippen LogP contribution in [0.5, 0.6) is 5.75 Å². The van der Waals surface area contributed by atoms with Crippen LogP contribution in [0.4, 0.5) is 0 Å². The first-order valence-corrected chi connectivity index (χ1v) is 8.18. The smallest absolute Gasteiger partial charge is 0.222 e. The highest BCUT2D eigenvalue weighted by Gasteiger charge is 2.21. The number of rotatable bonds is 6. The molecule has 0 saturated heterocycles. The van der Waals surface area contributed by atoms with Crippen LogP contribution in [0.1, 0.15) is 51.0 Å². The maximum Gasteiger partial charge on any atom is 0.222 e. The molecule has 0 N–H and O–H groups in total. The molecule has 1 aromatic rings. The summed E-state index contributed by atoms with van der Waals surface area (Å²) in [6.07, 6.45) is 7.49. The third-order valence-electron chi connectivity index (χ3n) is 4.40. The Morgan fingerprint density at radius 2 is 1.95 bits per heavy atom. The second kappa shape index (κ2) is 8.06. The number of para-hydroxylation sites is 1. The van der Waals surface area contributed by atoms with Crippen molar-refractivity contribution in [3.63, 3.8) is 0 Å². The van der Waals surface area contributed by atoms with Crippen LogP contribution in [0.3, 0.4) is 0 Å². The minimum absolute atomic E-state index is 0.258. The van der Waals surface area contributed by atoms with Gasteiger partial charge in [0.05, 0.1) is 6.61 Å². The molecular weight excluding hydrogens is 262 g/mol. The Bertz CT molecular complexity index is 452. The molecule has 0 radical (unpaired) electrons. The molecule has 0 bridgehead atoms. The number of ether oxygens (including phenoxy) is 1. The summed E-state index contributed by atoms with van der Waals surface area (Å²) in [6.45, 7) is 2.64. The summed E-state index contributed by atoms with van der Waals surface area (Å²) < 4.78 is 5.62. The third-order valence-corrected chi connectivity index (χ3v) is 4.40. The Labute approximate surface area is 128 Å². The number of hydrogen-bond acceptors (Lipinski definition) is 2. The highest BCUT2D eigenvalue weighted by molar-refractivity contribution is 5.76. The molecule has 1 fully saturated rings. The topological polar surface area (TPSA) is 29.5 Å². The first-order chi connectivity index (χ1) is 10.2. The van der Waals surface area contributed by atoms with Crippen molar-refractivity contribution in [1.29, 1.82) is 0 Å². The fourth-order valence-electron chi connectivity index (χ4n) is 3.10. The van der Waals surface area contributed by atoms with Gasteiger partial charge in [-0.05, 0) is 37.8 Å². The molecular formula is C18H27NO2. The molecule has 3 nitrogen and oxygen atoms in total. The summed E-state index contributed by atoms with van der Waals surface area (Å²) in [7, 11) is 1.97. The number of hydrogen-bond donors (Lipinski definition) is 0. The van der Waals surface area contributed by atoms with Crippen LogP contribution < -0.4 is 4.74 Å². The second-order valence-electron chi connectivity index (χ2n) is 5.84. The van der Waals surface area contributed by atoms with E-state index < -0.39 is 0 Å². The normalized spacial score (nSPS) is 15.7. The van der Waals surface area contributed by atoms with E-state index in [0.717, 1.165) is 30.6 Å². The first kappa shape index (κ1) is 15.9. The molecule has 1 saturated carbocycles. The monoisotopic (exact) mass is 289 g/mol. The van der Waals surface area contributed by atoms with E-state index >= 15 is 0 Å². The van der Waals surface area contributed by atoms with Crippen molar-refractivity contribution in [2.24, 2.45) is 0 Å². The van der Waals surface area contributed by atoms with E-state index in [2.05, 4.69) is 6.07 Å². The number of carbonyl (C=O) groups is 1. The van der Waals surface area contributed by atoms with Crippen molar-refractivity contribution in [1.82, 2.24) is 4.90 Å². The first-order valence-electron chi connectivity index (χ1n) is 8.18. The third kappa shape index (κ3) is 4.48. The molecule has 3 heteroatoms. The standard InChI is InChI=1S/C18H27NO2/c1-3-21-17-12-8-7-9-15(17)13-14-18(20)19(2)16-10-5-4-6-11-16/h7-9,12,16H,3-6,10-11,13-14H2,1-2H3. The van der Waals surface area contributed by atoms with E-state index in [1.165, 1.54) is 19.3 Å². The number of carbonyl (C=O) groups excluding carboxylic acids is 1. The lowest BCUT2D eigenvalue weighted by molar-refractivity contribution is -0.132. The average molecular weight is 289 g/mol. The molecule has 1 aliphatic rings. The largest absolute Gasteiger partial charge is 0.494 e. The maximum absolute atomic E-state index is 12.4. The molecule has 1 amide bonds. The zero-order chi connectivity index (χ0) is 15.1. The Morgan fingerprint density at radius 3 is 2.67 bits per heavy atom. The Balaban J connectivity index is 1.88. The Hall–Kier alpha value is -1.51. The summed E-state index contributed by atoms with van der Waals surface area (Å²) in [6, 6.07) is 8.47. The van der Waals surface area contributed by atoms with E-state index in [0.29, 0.717) is 19.1 Å². The van der Waals surface area contributed by atoms with Crippen LogP contribution in [-0.2, 0) is 11.2 Å². The van der Waals surface area contributed by atoms with Crippen molar-refractivity contribution < 1.29 is 9.53 Å². The predicted octanol–water partition coefficient (Wildman–Crippen LogP) is 3.81. The van der Waals surface area contributed by atoms with Gasteiger partial charge in [0.2, 0.25) is 5.91 Å². The molecule has 0 spiro atoms. The number of amides is 1. The molecule has 0 unspecified atom stereocenters. The zero-order valence-corrected chi connectivity index (χ0v) is 13.3. The lowest BCUT2D eigenvalue weighted by atomic mass is 9.94. The van der Waals surface area contributed by atoms with Gasteiger partial charge >= 0.3 is 0 Å². The lowest BCUT2D eigenvalue weighted by Crippen LogP contribution is -2.38. The number of nitrogens with zero attached hydrogens (tertiary/aromatic N) is 1. The molecule has 0 aliphatic heterocycles. The van der Waals surface area contributed by atoms with Gasteiger partial charge in [0.15, 0.2) is 0 Å². The predicted molar refractivity (Wildman–Crippen MR) is 85.6 cm³/mol. The van der Waals surface area contributed by atoms with Gasteiger partial charge in [0.1, 0.15) is 5.75 Å². The van der Waals surface area contributed by atoms with Crippen LogP contribution in [0, 0.1) is 0 Å². The highest BCUT2D eigenvalue weighted by atomic mass is 16.5. The number of aryl methyl sites for hydroxylation is 1. The van der Waals surface area contributed by atoms with Crippen LogP contribution in [-0.4, -0.2) is 30.5 Å². The average Bonchev–Trinajstić information content (AvgIpc) is 2.54. The van der Waals surface area contributed by atoms with Crippen LogP contribution in [0.25, 0.3) is 0 Å². The van der Waals surface area contributed by atoms with Gasteiger partial charge in [-0.15, -0.1) is 0 Å². The van der Waals surface area contributed by atoms with Crippen LogP contribution >= 0.6 is 0 Å². The fraction of sp³-hybridized carbons (Fsp3) is 0.611. The summed E-state index contributed by atoms with van der Waals surface area (Å²) in [5.41, 5.74) is 1.13. The van der Waals surface area contributed by atoms with E-state index in [4.69, 9.17) is 4.74 Å². The summed E-state index contributed by atoms with van der Waals surface area (Å²) in [4.78, 5) is 14.3. The fourth-order valence-corrected chi connectivity index (χ4v) is 3.10. The molecule has 116 valence electrons.